The first-order chi connectivity index (χ1) is 17.3. The summed E-state index contributed by atoms with van der Waals surface area (Å²) in [4.78, 5) is 40.0. The SMILES string of the molecule is CN(C)[C@]1(c2ccccc2)CC[C@]2(CC1)CN(CC(=O)Nc1cnc(O)nc1)C(=O)N2CC1CCC1. The fourth-order valence-corrected chi connectivity index (χ4v) is 6.27. The van der Waals surface area contributed by atoms with Crippen molar-refractivity contribution in [1.82, 2.24) is 24.7 Å². The van der Waals surface area contributed by atoms with Gasteiger partial charge in [0.1, 0.15) is 6.54 Å². The van der Waals surface area contributed by atoms with Crippen LogP contribution in [0.4, 0.5) is 10.5 Å². The number of carbonyl (C=O) groups excluding carboxylic acids is 2. The van der Waals surface area contributed by atoms with Gasteiger partial charge in [-0.25, -0.2) is 14.8 Å². The van der Waals surface area contributed by atoms with Crippen LogP contribution in [0.5, 0.6) is 6.01 Å². The molecular weight excluding hydrogens is 456 g/mol. The molecule has 2 aromatic rings. The van der Waals surface area contributed by atoms with Gasteiger partial charge in [0.2, 0.25) is 5.91 Å². The number of urea groups is 1. The van der Waals surface area contributed by atoms with Crippen molar-refractivity contribution in [2.45, 2.75) is 56.0 Å². The summed E-state index contributed by atoms with van der Waals surface area (Å²) in [6.45, 7) is 1.33. The van der Waals surface area contributed by atoms with Crippen molar-refractivity contribution in [1.29, 1.82) is 0 Å². The molecule has 2 N–H and O–H groups in total. The van der Waals surface area contributed by atoms with Crippen LogP contribution in [0.15, 0.2) is 42.7 Å². The molecule has 5 rings (SSSR count). The fourth-order valence-electron chi connectivity index (χ4n) is 6.27. The predicted octanol–water partition coefficient (Wildman–Crippen LogP) is 3.43. The highest BCUT2D eigenvalue weighted by atomic mass is 16.3. The lowest BCUT2D eigenvalue weighted by Crippen LogP contribution is -2.56. The van der Waals surface area contributed by atoms with Gasteiger partial charge in [-0.15, -0.1) is 0 Å². The average Bonchev–Trinajstić information content (AvgIpc) is 3.08. The van der Waals surface area contributed by atoms with Crippen molar-refractivity contribution >= 4 is 17.6 Å². The topological polar surface area (TPSA) is 102 Å². The third-order valence-corrected chi connectivity index (χ3v) is 8.66. The van der Waals surface area contributed by atoms with Gasteiger partial charge in [-0.3, -0.25) is 9.69 Å². The van der Waals surface area contributed by atoms with Crippen molar-refractivity contribution in [3.05, 3.63) is 48.3 Å². The highest BCUT2D eigenvalue weighted by Gasteiger charge is 2.55. The van der Waals surface area contributed by atoms with Gasteiger partial charge in [0.05, 0.1) is 23.6 Å². The molecule has 1 aromatic heterocycles. The van der Waals surface area contributed by atoms with Crippen LogP contribution in [0.2, 0.25) is 0 Å². The summed E-state index contributed by atoms with van der Waals surface area (Å²) in [5.41, 5.74) is 1.42. The van der Waals surface area contributed by atoms with E-state index < -0.39 is 0 Å². The Morgan fingerprint density at radius 2 is 1.78 bits per heavy atom. The Labute approximate surface area is 212 Å². The van der Waals surface area contributed by atoms with E-state index in [-0.39, 0.29) is 35.6 Å². The summed E-state index contributed by atoms with van der Waals surface area (Å²) < 4.78 is 0. The van der Waals surface area contributed by atoms with Crippen molar-refractivity contribution in [2.75, 3.05) is 39.0 Å². The number of nitrogens with zero attached hydrogens (tertiary/aromatic N) is 5. The number of hydrogen-bond donors (Lipinski definition) is 2. The normalized spacial score (nSPS) is 26.5. The first-order valence-corrected chi connectivity index (χ1v) is 12.9. The molecule has 3 amide bonds. The average molecular weight is 493 g/mol. The molecule has 2 aliphatic carbocycles. The monoisotopic (exact) mass is 492 g/mol. The second-order valence-electron chi connectivity index (χ2n) is 10.9. The fraction of sp³-hybridized carbons (Fsp3) is 0.556. The molecule has 3 aliphatic rings. The van der Waals surface area contributed by atoms with Gasteiger partial charge in [-0.2, -0.15) is 0 Å². The lowest BCUT2D eigenvalue weighted by atomic mass is 9.68. The lowest BCUT2D eigenvalue weighted by molar-refractivity contribution is -0.116. The van der Waals surface area contributed by atoms with Crippen molar-refractivity contribution < 1.29 is 14.7 Å². The molecule has 1 aliphatic heterocycles. The van der Waals surface area contributed by atoms with Gasteiger partial charge in [-0.1, -0.05) is 36.8 Å². The summed E-state index contributed by atoms with van der Waals surface area (Å²) in [6.07, 6.45) is 10.0. The zero-order valence-corrected chi connectivity index (χ0v) is 21.2. The Morgan fingerprint density at radius 1 is 1.11 bits per heavy atom. The van der Waals surface area contributed by atoms with Gasteiger partial charge in [0, 0.05) is 18.6 Å². The van der Waals surface area contributed by atoms with E-state index in [1.807, 2.05) is 0 Å². The number of benzene rings is 1. The molecule has 1 spiro atoms. The van der Waals surface area contributed by atoms with Crippen LogP contribution < -0.4 is 5.32 Å². The Balaban J connectivity index is 1.33. The minimum absolute atomic E-state index is 0.0138. The first kappa shape index (κ1) is 24.5. The second-order valence-corrected chi connectivity index (χ2v) is 10.9. The van der Waals surface area contributed by atoms with Gasteiger partial charge < -0.3 is 20.2 Å². The molecular formula is C27H36N6O3. The lowest BCUT2D eigenvalue weighted by Gasteiger charge is -2.51. The standard InChI is InChI=1S/C27H36N6O3/c1-31(2)27(21-9-4-3-5-10-21)13-11-26(12-14-27)19-32(25(36)33(26)17-20-7-6-8-20)18-23(34)30-22-15-28-24(35)29-16-22/h3-5,9-10,15-16,20H,6-8,11-14,17-19H2,1-2H3,(H,30,34)(H,28,29,35)/t26-,27+. The highest BCUT2D eigenvalue weighted by Crippen LogP contribution is 2.49. The second kappa shape index (κ2) is 9.69. The predicted molar refractivity (Wildman–Crippen MR) is 136 cm³/mol. The Kier molecular flexibility index (Phi) is 6.59. The zero-order chi connectivity index (χ0) is 25.3. The molecule has 0 radical (unpaired) electrons. The summed E-state index contributed by atoms with van der Waals surface area (Å²) in [5, 5.41) is 12.0. The largest absolute Gasteiger partial charge is 0.479 e. The highest BCUT2D eigenvalue weighted by molar-refractivity contribution is 5.94. The Bertz CT molecular complexity index is 1080. The maximum absolute atomic E-state index is 13.7. The van der Waals surface area contributed by atoms with Gasteiger partial charge in [0.25, 0.3) is 0 Å². The van der Waals surface area contributed by atoms with Crippen LogP contribution in [0.3, 0.4) is 0 Å². The van der Waals surface area contributed by atoms with Crippen LogP contribution in [0, 0.1) is 5.92 Å². The van der Waals surface area contributed by atoms with E-state index in [0.717, 1.165) is 32.2 Å². The third-order valence-electron chi connectivity index (χ3n) is 8.66. The number of hydrogen-bond acceptors (Lipinski definition) is 6. The molecule has 1 saturated heterocycles. The molecule has 9 nitrogen and oxygen atoms in total. The number of amides is 3. The Hall–Kier alpha value is -3.20. The van der Waals surface area contributed by atoms with Crippen LogP contribution in [-0.2, 0) is 10.3 Å². The molecule has 2 saturated carbocycles. The Morgan fingerprint density at radius 3 is 2.36 bits per heavy atom. The van der Waals surface area contributed by atoms with Crippen molar-refractivity contribution in [3.8, 4) is 6.01 Å². The van der Waals surface area contributed by atoms with Gasteiger partial charge >= 0.3 is 12.0 Å². The molecule has 1 aromatic carbocycles. The summed E-state index contributed by atoms with van der Waals surface area (Å²) >= 11 is 0. The van der Waals surface area contributed by atoms with Crippen molar-refractivity contribution in [2.24, 2.45) is 5.92 Å². The molecule has 9 heteroatoms. The molecule has 3 fully saturated rings. The first-order valence-electron chi connectivity index (χ1n) is 12.9. The van der Waals surface area contributed by atoms with E-state index in [0.29, 0.717) is 18.2 Å². The smallest absolute Gasteiger partial charge is 0.321 e. The number of nitrogens with one attached hydrogen (secondary N) is 1. The number of aromatic nitrogens is 2. The zero-order valence-electron chi connectivity index (χ0n) is 21.2. The molecule has 0 unspecified atom stereocenters. The van der Waals surface area contributed by atoms with Crippen LogP contribution in [0.1, 0.15) is 50.5 Å². The van der Waals surface area contributed by atoms with E-state index in [4.69, 9.17) is 0 Å². The quantitative estimate of drug-likeness (QED) is 0.614. The van der Waals surface area contributed by atoms with E-state index in [9.17, 15) is 14.7 Å². The minimum atomic E-state index is -0.349. The third kappa shape index (κ3) is 4.52. The molecule has 0 bridgehead atoms. The van der Waals surface area contributed by atoms with Crippen molar-refractivity contribution in [3.63, 3.8) is 0 Å². The van der Waals surface area contributed by atoms with E-state index in [2.05, 4.69) is 69.5 Å². The molecule has 36 heavy (non-hydrogen) atoms. The van der Waals surface area contributed by atoms with E-state index in [1.54, 1.807) is 4.90 Å². The van der Waals surface area contributed by atoms with Crippen LogP contribution >= 0.6 is 0 Å². The minimum Gasteiger partial charge on any atom is -0.479 e. The number of anilines is 1. The van der Waals surface area contributed by atoms with Gasteiger partial charge in [-0.05, 0) is 64.1 Å². The van der Waals surface area contributed by atoms with E-state index >= 15 is 0 Å². The molecule has 0 atom stereocenters. The summed E-state index contributed by atoms with van der Waals surface area (Å²) in [5.74, 6) is 0.268. The summed E-state index contributed by atoms with van der Waals surface area (Å²) in [6, 6.07) is 10.3. The summed E-state index contributed by atoms with van der Waals surface area (Å²) in [7, 11) is 4.31. The van der Waals surface area contributed by atoms with Crippen LogP contribution in [0.25, 0.3) is 0 Å². The number of carbonyl (C=O) groups is 2. The van der Waals surface area contributed by atoms with Gasteiger partial charge in [0.15, 0.2) is 0 Å². The van der Waals surface area contributed by atoms with E-state index in [1.165, 1.54) is 37.2 Å². The van der Waals surface area contributed by atoms with Crippen LogP contribution in [-0.4, -0.2) is 81.0 Å². The number of rotatable bonds is 7. The number of aromatic hydroxyl groups is 1. The molecule has 2 heterocycles. The molecule has 192 valence electrons. The maximum atomic E-state index is 13.7. The maximum Gasteiger partial charge on any atom is 0.321 e.